The third-order valence-electron chi connectivity index (χ3n) is 4.21. The van der Waals surface area contributed by atoms with Gasteiger partial charge in [0.05, 0.1) is 12.2 Å². The summed E-state index contributed by atoms with van der Waals surface area (Å²) in [5, 5.41) is 9.86. The molecule has 6 nitrogen and oxygen atoms in total. The molecule has 0 saturated carbocycles. The predicted octanol–water partition coefficient (Wildman–Crippen LogP) is 2.24. The number of aromatic hydroxyl groups is 1. The number of phenolic OH excluding ortho intramolecular Hbond substituents is 1. The van der Waals surface area contributed by atoms with Crippen molar-refractivity contribution in [2.75, 3.05) is 6.54 Å². The summed E-state index contributed by atoms with van der Waals surface area (Å²) < 4.78 is 0. The van der Waals surface area contributed by atoms with E-state index < -0.39 is 6.04 Å². The lowest BCUT2D eigenvalue weighted by molar-refractivity contribution is -0.138. The van der Waals surface area contributed by atoms with Gasteiger partial charge >= 0.3 is 0 Å². The zero-order valence-electron chi connectivity index (χ0n) is 13.7. The Hall–Kier alpha value is -2.86. The van der Waals surface area contributed by atoms with Crippen molar-refractivity contribution < 1.29 is 19.5 Å². The monoisotopic (exact) mass is 340 g/mol. The number of likely N-dealkylation sites (tertiary alicyclic amines) is 1. The van der Waals surface area contributed by atoms with Crippen molar-refractivity contribution in [2.24, 2.45) is 0 Å². The van der Waals surface area contributed by atoms with E-state index in [1.165, 1.54) is 11.0 Å². The van der Waals surface area contributed by atoms with Crippen molar-refractivity contribution in [3.8, 4) is 5.75 Å². The van der Waals surface area contributed by atoms with Crippen LogP contribution in [0.15, 0.2) is 54.6 Å². The molecule has 1 saturated heterocycles. The first-order valence-electron chi connectivity index (χ1n) is 8.21. The van der Waals surface area contributed by atoms with Crippen LogP contribution in [0, 0.1) is 0 Å². The maximum absolute atomic E-state index is 12.6. The van der Waals surface area contributed by atoms with Crippen LogP contribution in [0.3, 0.4) is 0 Å². The molecule has 1 heterocycles. The minimum Gasteiger partial charge on any atom is -0.507 e. The standard InChI is InChI=1S/C19H20N2O4/c22-17-11-5-4-9-15(17)19(24)21-12-6-10-16(21)18(23)20-25-13-14-7-2-1-3-8-14/h1-5,7-9,11,16,22H,6,10,12-13H2,(H,20,23)/t16-/m0/s1. The number of phenols is 1. The number of rotatable bonds is 5. The number of hydrogen-bond acceptors (Lipinski definition) is 4. The van der Waals surface area contributed by atoms with Gasteiger partial charge in [-0.3, -0.25) is 14.4 Å². The van der Waals surface area contributed by atoms with Gasteiger partial charge in [0, 0.05) is 6.54 Å². The summed E-state index contributed by atoms with van der Waals surface area (Å²) in [7, 11) is 0. The van der Waals surface area contributed by atoms with Crippen LogP contribution < -0.4 is 5.48 Å². The highest BCUT2D eigenvalue weighted by Crippen LogP contribution is 2.24. The molecule has 0 spiro atoms. The van der Waals surface area contributed by atoms with Crippen molar-refractivity contribution in [2.45, 2.75) is 25.5 Å². The molecule has 1 aliphatic rings. The third kappa shape index (κ3) is 3.97. The molecule has 6 heteroatoms. The average Bonchev–Trinajstić information content (AvgIpc) is 3.12. The Balaban J connectivity index is 1.60. The van der Waals surface area contributed by atoms with Crippen LogP contribution in [-0.4, -0.2) is 34.4 Å². The van der Waals surface area contributed by atoms with E-state index in [1.807, 2.05) is 30.3 Å². The summed E-state index contributed by atoms with van der Waals surface area (Å²) in [5.74, 6) is -0.783. The molecule has 25 heavy (non-hydrogen) atoms. The number of carbonyl (C=O) groups excluding carboxylic acids is 2. The number of hydrogen-bond donors (Lipinski definition) is 2. The molecular weight excluding hydrogens is 320 g/mol. The average molecular weight is 340 g/mol. The fourth-order valence-corrected chi connectivity index (χ4v) is 2.92. The lowest BCUT2D eigenvalue weighted by atomic mass is 10.1. The van der Waals surface area contributed by atoms with Crippen LogP contribution in [0.5, 0.6) is 5.75 Å². The van der Waals surface area contributed by atoms with Crippen LogP contribution in [0.4, 0.5) is 0 Å². The van der Waals surface area contributed by atoms with E-state index in [9.17, 15) is 14.7 Å². The first kappa shape index (κ1) is 17.0. The Morgan fingerprint density at radius 2 is 1.84 bits per heavy atom. The van der Waals surface area contributed by atoms with Gasteiger partial charge in [-0.2, -0.15) is 0 Å². The Labute approximate surface area is 146 Å². The van der Waals surface area contributed by atoms with E-state index in [2.05, 4.69) is 5.48 Å². The lowest BCUT2D eigenvalue weighted by Gasteiger charge is -2.24. The van der Waals surface area contributed by atoms with Crippen LogP contribution in [0.2, 0.25) is 0 Å². The third-order valence-corrected chi connectivity index (χ3v) is 4.21. The van der Waals surface area contributed by atoms with Crippen LogP contribution in [-0.2, 0) is 16.2 Å². The first-order valence-corrected chi connectivity index (χ1v) is 8.21. The predicted molar refractivity (Wildman–Crippen MR) is 91.5 cm³/mol. The van der Waals surface area contributed by atoms with Crippen molar-refractivity contribution >= 4 is 11.8 Å². The number of amides is 2. The second-order valence-corrected chi connectivity index (χ2v) is 5.91. The molecular formula is C19H20N2O4. The van der Waals surface area contributed by atoms with Gasteiger partial charge in [0.1, 0.15) is 11.8 Å². The van der Waals surface area contributed by atoms with Gasteiger partial charge in [0.2, 0.25) is 0 Å². The highest BCUT2D eigenvalue weighted by Gasteiger charge is 2.35. The zero-order valence-corrected chi connectivity index (χ0v) is 13.7. The van der Waals surface area contributed by atoms with E-state index in [0.29, 0.717) is 13.0 Å². The van der Waals surface area contributed by atoms with Crippen LogP contribution in [0.1, 0.15) is 28.8 Å². The van der Waals surface area contributed by atoms with Crippen molar-refractivity contribution in [1.82, 2.24) is 10.4 Å². The largest absolute Gasteiger partial charge is 0.507 e. The minimum absolute atomic E-state index is 0.0844. The van der Waals surface area contributed by atoms with Gasteiger partial charge in [-0.05, 0) is 30.5 Å². The van der Waals surface area contributed by atoms with Crippen LogP contribution in [0.25, 0.3) is 0 Å². The summed E-state index contributed by atoms with van der Waals surface area (Å²) in [4.78, 5) is 31.7. The maximum Gasteiger partial charge on any atom is 0.266 e. The number of benzene rings is 2. The molecule has 2 aromatic carbocycles. The van der Waals surface area contributed by atoms with Crippen molar-refractivity contribution in [3.63, 3.8) is 0 Å². The Kier molecular flexibility index (Phi) is 5.30. The summed E-state index contributed by atoms with van der Waals surface area (Å²) in [6.45, 7) is 0.733. The smallest absolute Gasteiger partial charge is 0.266 e. The molecule has 1 aliphatic heterocycles. The normalized spacial score (nSPS) is 16.6. The van der Waals surface area contributed by atoms with E-state index in [0.717, 1.165) is 12.0 Å². The highest BCUT2D eigenvalue weighted by atomic mass is 16.6. The summed E-state index contributed by atoms with van der Waals surface area (Å²) in [5.41, 5.74) is 3.57. The summed E-state index contributed by atoms with van der Waals surface area (Å²) in [6.07, 6.45) is 1.30. The van der Waals surface area contributed by atoms with Crippen molar-refractivity contribution in [3.05, 3.63) is 65.7 Å². The van der Waals surface area contributed by atoms with Gasteiger partial charge in [0.25, 0.3) is 11.8 Å². The van der Waals surface area contributed by atoms with Crippen LogP contribution >= 0.6 is 0 Å². The molecule has 0 bridgehead atoms. The van der Waals surface area contributed by atoms with Gasteiger partial charge < -0.3 is 10.0 Å². The molecule has 1 atom stereocenters. The van der Waals surface area contributed by atoms with E-state index in [4.69, 9.17) is 4.84 Å². The molecule has 2 aromatic rings. The topological polar surface area (TPSA) is 78.9 Å². The minimum atomic E-state index is -0.595. The number of nitrogens with zero attached hydrogens (tertiary/aromatic N) is 1. The fourth-order valence-electron chi connectivity index (χ4n) is 2.92. The molecule has 0 aromatic heterocycles. The Bertz CT molecular complexity index is 748. The molecule has 2 N–H and O–H groups in total. The summed E-state index contributed by atoms with van der Waals surface area (Å²) >= 11 is 0. The van der Waals surface area contributed by atoms with Gasteiger partial charge in [-0.15, -0.1) is 0 Å². The maximum atomic E-state index is 12.6. The fraction of sp³-hybridized carbons (Fsp3) is 0.263. The number of para-hydroxylation sites is 1. The SMILES string of the molecule is O=C(NOCc1ccccc1)[C@@H]1CCCN1C(=O)c1ccccc1O. The Morgan fingerprint density at radius 3 is 2.60 bits per heavy atom. The quantitative estimate of drug-likeness (QED) is 0.818. The molecule has 0 radical (unpaired) electrons. The van der Waals surface area contributed by atoms with E-state index in [-0.39, 0.29) is 29.7 Å². The second kappa shape index (κ2) is 7.81. The molecule has 130 valence electrons. The second-order valence-electron chi connectivity index (χ2n) is 5.91. The van der Waals surface area contributed by atoms with Gasteiger partial charge in [0.15, 0.2) is 0 Å². The molecule has 0 unspecified atom stereocenters. The summed E-state index contributed by atoms with van der Waals surface area (Å²) in [6, 6.07) is 15.2. The van der Waals surface area contributed by atoms with Gasteiger partial charge in [-0.1, -0.05) is 42.5 Å². The number of nitrogens with one attached hydrogen (secondary N) is 1. The number of hydroxylamine groups is 1. The van der Waals surface area contributed by atoms with E-state index >= 15 is 0 Å². The number of carbonyl (C=O) groups is 2. The van der Waals surface area contributed by atoms with Gasteiger partial charge in [-0.25, -0.2) is 5.48 Å². The first-order chi connectivity index (χ1) is 12.2. The highest BCUT2D eigenvalue weighted by molar-refractivity contribution is 5.99. The Morgan fingerprint density at radius 1 is 1.12 bits per heavy atom. The van der Waals surface area contributed by atoms with E-state index in [1.54, 1.807) is 18.2 Å². The molecule has 3 rings (SSSR count). The molecule has 0 aliphatic carbocycles. The molecule has 2 amide bonds. The lowest BCUT2D eigenvalue weighted by Crippen LogP contribution is -2.45. The van der Waals surface area contributed by atoms with Crippen molar-refractivity contribution in [1.29, 1.82) is 0 Å². The zero-order chi connectivity index (χ0) is 17.6. The molecule has 1 fully saturated rings.